The molecule has 0 saturated carbocycles. The van der Waals surface area contributed by atoms with E-state index in [1.807, 2.05) is 13.2 Å². The Morgan fingerprint density at radius 1 is 1.15 bits per heavy atom. The average Bonchev–Trinajstić information content (AvgIpc) is 3.44. The van der Waals surface area contributed by atoms with Gasteiger partial charge in [0.1, 0.15) is 11.3 Å². The second kappa shape index (κ2) is 10.8. The van der Waals surface area contributed by atoms with Gasteiger partial charge in [0.25, 0.3) is 5.91 Å². The molecule has 208 valence electrons. The zero-order chi connectivity index (χ0) is 28.5. The molecule has 5 rings (SSSR count). The van der Waals surface area contributed by atoms with Crippen molar-refractivity contribution in [3.05, 3.63) is 47.8 Å². The molecule has 0 aliphatic carbocycles. The van der Waals surface area contributed by atoms with E-state index in [0.29, 0.717) is 28.2 Å². The van der Waals surface area contributed by atoms with Crippen molar-refractivity contribution in [2.75, 3.05) is 43.5 Å². The number of aryl methyl sites for hydroxylation is 2. The molecule has 1 aliphatic rings. The predicted octanol–water partition coefficient (Wildman–Crippen LogP) is 2.97. The molecule has 0 unspecified atom stereocenters. The quantitative estimate of drug-likeness (QED) is 0.331. The first kappa shape index (κ1) is 27.6. The lowest BCUT2D eigenvalue weighted by Crippen LogP contribution is -2.43. The molecule has 15 heteroatoms. The molecule has 0 radical (unpaired) electrons. The van der Waals surface area contributed by atoms with Crippen LogP contribution in [0.25, 0.3) is 16.6 Å². The highest BCUT2D eigenvalue weighted by molar-refractivity contribution is 6.15. The Bertz CT molecular complexity index is 1540. The lowest BCUT2D eigenvalue weighted by atomic mass is 10.1. The van der Waals surface area contributed by atoms with Crippen LogP contribution in [0.1, 0.15) is 16.1 Å². The van der Waals surface area contributed by atoms with Gasteiger partial charge in [0.15, 0.2) is 11.5 Å². The molecule has 3 aromatic heterocycles. The summed E-state index contributed by atoms with van der Waals surface area (Å²) in [5.41, 5.74) is 3.09. The third kappa shape index (κ3) is 5.87. The fourth-order valence-electron chi connectivity index (χ4n) is 4.25. The van der Waals surface area contributed by atoms with Crippen molar-refractivity contribution in [1.29, 1.82) is 0 Å². The van der Waals surface area contributed by atoms with Crippen molar-refractivity contribution >= 4 is 39.8 Å². The van der Waals surface area contributed by atoms with Gasteiger partial charge in [-0.2, -0.15) is 18.3 Å². The summed E-state index contributed by atoms with van der Waals surface area (Å²) in [7, 11) is 3.41. The lowest BCUT2D eigenvalue weighted by molar-refractivity contribution is -0.192. The highest BCUT2D eigenvalue weighted by atomic mass is 19.4. The van der Waals surface area contributed by atoms with Gasteiger partial charge >= 0.3 is 12.1 Å². The Labute approximate surface area is 219 Å². The number of carboxylic acid groups (broad SMARTS) is 1. The van der Waals surface area contributed by atoms with Crippen LogP contribution >= 0.6 is 0 Å². The molecular weight excluding hydrogens is 526 g/mol. The third-order valence-electron chi connectivity index (χ3n) is 5.87. The molecule has 0 spiro atoms. The predicted molar refractivity (Wildman–Crippen MR) is 134 cm³/mol. The summed E-state index contributed by atoms with van der Waals surface area (Å²) < 4.78 is 55.1. The van der Waals surface area contributed by atoms with Crippen LogP contribution in [0.2, 0.25) is 0 Å². The molecule has 3 N–H and O–H groups in total. The van der Waals surface area contributed by atoms with E-state index in [1.165, 1.54) is 6.07 Å². The van der Waals surface area contributed by atoms with Gasteiger partial charge in [0.2, 0.25) is 0 Å². The molecule has 1 amide bonds. The maximum absolute atomic E-state index is 14.5. The summed E-state index contributed by atoms with van der Waals surface area (Å²) >= 11 is 0. The number of piperazine rings is 1. The van der Waals surface area contributed by atoms with E-state index in [0.717, 1.165) is 37.3 Å². The normalized spacial score (nSPS) is 13.8. The number of methoxy groups -OCH3 is 1. The molecule has 1 fully saturated rings. The summed E-state index contributed by atoms with van der Waals surface area (Å²) in [5.74, 6) is -3.06. The van der Waals surface area contributed by atoms with Crippen molar-refractivity contribution in [2.24, 2.45) is 7.05 Å². The number of amides is 1. The second-order valence-corrected chi connectivity index (χ2v) is 8.72. The number of hydrogen-bond donors (Lipinski definition) is 3. The number of carboxylic acids is 1. The van der Waals surface area contributed by atoms with Crippen LogP contribution in [0.15, 0.2) is 30.7 Å². The van der Waals surface area contributed by atoms with Gasteiger partial charge in [-0.15, -0.1) is 0 Å². The molecule has 1 aromatic carbocycles. The number of alkyl halides is 3. The minimum absolute atomic E-state index is 0.217. The van der Waals surface area contributed by atoms with Crippen LogP contribution in [0.4, 0.5) is 28.9 Å². The average molecular weight is 552 g/mol. The highest BCUT2D eigenvalue weighted by Crippen LogP contribution is 2.38. The molecule has 0 atom stereocenters. The number of carbonyl (C=O) groups excluding carboxylic acids is 1. The fourth-order valence-corrected chi connectivity index (χ4v) is 4.25. The number of nitrogens with one attached hydrogen (secondary N) is 2. The first-order valence-corrected chi connectivity index (χ1v) is 11.7. The molecule has 1 aliphatic heterocycles. The zero-order valence-electron chi connectivity index (χ0n) is 21.1. The van der Waals surface area contributed by atoms with E-state index in [-0.39, 0.29) is 5.65 Å². The summed E-state index contributed by atoms with van der Waals surface area (Å²) in [6.45, 7) is 5.18. The molecule has 39 heavy (non-hydrogen) atoms. The number of hydrogen-bond acceptors (Lipinski definition) is 7. The number of anilines is 2. The number of imidazole rings is 1. The van der Waals surface area contributed by atoms with Crippen LogP contribution in [0, 0.1) is 12.7 Å². The SMILES string of the molecule is COc1cc(C(=O)Nc2cc(F)c3nc(C)cn3c2)c2nn(C)cc2c1N1CCNCC1.O=C(O)C(F)(F)F. The minimum Gasteiger partial charge on any atom is -0.495 e. The largest absolute Gasteiger partial charge is 0.495 e. The van der Waals surface area contributed by atoms with Crippen LogP contribution in [0.3, 0.4) is 0 Å². The number of benzene rings is 1. The molecular formula is C24H25F4N7O4. The van der Waals surface area contributed by atoms with Crippen LogP contribution in [-0.4, -0.2) is 75.6 Å². The maximum Gasteiger partial charge on any atom is 0.490 e. The van der Waals surface area contributed by atoms with Gasteiger partial charge in [-0.3, -0.25) is 9.48 Å². The van der Waals surface area contributed by atoms with Gasteiger partial charge in [-0.25, -0.2) is 14.2 Å². The number of rotatable bonds is 4. The Morgan fingerprint density at radius 2 is 1.82 bits per heavy atom. The Balaban J connectivity index is 0.000000448. The summed E-state index contributed by atoms with van der Waals surface area (Å²) in [4.78, 5) is 28.5. The topological polar surface area (TPSA) is 126 Å². The molecule has 0 bridgehead atoms. The first-order chi connectivity index (χ1) is 18.4. The van der Waals surface area contributed by atoms with Gasteiger partial charge in [-0.05, 0) is 13.0 Å². The number of aliphatic carboxylic acids is 1. The van der Waals surface area contributed by atoms with E-state index in [9.17, 15) is 22.4 Å². The monoisotopic (exact) mass is 551 g/mol. The Kier molecular flexibility index (Phi) is 7.63. The standard InChI is InChI=1S/C22H24FN7O2.C2HF3O2/c1-13-10-30-11-14(8-17(23)21(30)25-13)26-22(31)15-9-18(32-3)20(29-6-4-24-5-7-29)16-12-28(2)27-19(15)16;3-2(4,5)1(6)7/h8-12,24H,4-7H2,1-3H3,(H,26,31);(H,6,7). The van der Waals surface area contributed by atoms with Gasteiger partial charge in [0.05, 0.1) is 29.7 Å². The number of ether oxygens (including phenoxy) is 1. The summed E-state index contributed by atoms with van der Waals surface area (Å²) in [6, 6.07) is 2.97. The Hall–Kier alpha value is -4.40. The molecule has 11 nitrogen and oxygen atoms in total. The number of fused-ring (bicyclic) bond motifs is 2. The summed E-state index contributed by atoms with van der Waals surface area (Å²) in [6.07, 6.45) is 0.153. The third-order valence-corrected chi connectivity index (χ3v) is 5.87. The molecule has 4 heterocycles. The van der Waals surface area contributed by atoms with Crippen molar-refractivity contribution < 1.29 is 37.0 Å². The van der Waals surface area contributed by atoms with E-state index < -0.39 is 23.9 Å². The highest BCUT2D eigenvalue weighted by Gasteiger charge is 2.38. The van der Waals surface area contributed by atoms with Gasteiger partial charge < -0.3 is 29.8 Å². The fraction of sp³-hybridized carbons (Fsp3) is 0.333. The van der Waals surface area contributed by atoms with E-state index in [4.69, 9.17) is 14.6 Å². The van der Waals surface area contributed by atoms with E-state index >= 15 is 0 Å². The van der Waals surface area contributed by atoms with Gasteiger partial charge in [0, 0.05) is 63.3 Å². The number of nitrogens with zero attached hydrogens (tertiary/aromatic N) is 5. The first-order valence-electron chi connectivity index (χ1n) is 11.7. The summed E-state index contributed by atoms with van der Waals surface area (Å²) in [5, 5.41) is 18.7. The van der Waals surface area contributed by atoms with Crippen LogP contribution in [-0.2, 0) is 11.8 Å². The lowest BCUT2D eigenvalue weighted by Gasteiger charge is -2.31. The van der Waals surface area contributed by atoms with Crippen LogP contribution in [0.5, 0.6) is 5.75 Å². The van der Waals surface area contributed by atoms with Crippen LogP contribution < -0.4 is 20.3 Å². The minimum atomic E-state index is -5.08. The number of aromatic nitrogens is 4. The van der Waals surface area contributed by atoms with E-state index in [2.05, 4.69) is 25.6 Å². The smallest absolute Gasteiger partial charge is 0.490 e. The number of pyridine rings is 1. The zero-order valence-corrected chi connectivity index (χ0v) is 21.1. The van der Waals surface area contributed by atoms with E-state index in [1.54, 1.807) is 41.6 Å². The molecule has 1 saturated heterocycles. The van der Waals surface area contributed by atoms with Gasteiger partial charge in [-0.1, -0.05) is 0 Å². The number of halogens is 4. The second-order valence-electron chi connectivity index (χ2n) is 8.72. The molecule has 4 aromatic rings. The Morgan fingerprint density at radius 3 is 2.44 bits per heavy atom. The van der Waals surface area contributed by atoms with Crippen molar-refractivity contribution in [3.63, 3.8) is 0 Å². The van der Waals surface area contributed by atoms with Crippen molar-refractivity contribution in [1.82, 2.24) is 24.5 Å². The number of carbonyl (C=O) groups is 2. The maximum atomic E-state index is 14.5. The van der Waals surface area contributed by atoms with Crippen molar-refractivity contribution in [2.45, 2.75) is 13.1 Å². The van der Waals surface area contributed by atoms with Crippen molar-refractivity contribution in [3.8, 4) is 5.75 Å².